The molecule has 6 rings (SSSR count). The van der Waals surface area contributed by atoms with Crippen LogP contribution in [0.2, 0.25) is 0 Å². The lowest BCUT2D eigenvalue weighted by atomic mass is 9.61. The zero-order chi connectivity index (χ0) is 29.5. The van der Waals surface area contributed by atoms with Crippen LogP contribution in [0.5, 0.6) is 17.4 Å². The first-order valence-corrected chi connectivity index (χ1v) is 14.0. The quantitative estimate of drug-likeness (QED) is 0.374. The van der Waals surface area contributed by atoms with E-state index in [1.807, 2.05) is 36.3 Å². The highest BCUT2D eigenvalue weighted by Crippen LogP contribution is 2.52. The number of para-hydroxylation sites is 1. The number of carbonyl (C=O) groups excluding carboxylic acids is 1. The number of hydrogen-bond donors (Lipinski definition) is 2. The largest absolute Gasteiger partial charge is 0.490 e. The Hall–Kier alpha value is -3.71. The number of ether oxygens (including phenoxy) is 2. The third-order valence-corrected chi connectivity index (χ3v) is 8.04. The molecule has 3 aliphatic rings. The van der Waals surface area contributed by atoms with Crippen molar-refractivity contribution in [3.63, 3.8) is 0 Å². The fourth-order valence-corrected chi connectivity index (χ4v) is 6.01. The molecule has 1 saturated carbocycles. The van der Waals surface area contributed by atoms with Crippen LogP contribution in [0.4, 0.5) is 19.0 Å². The fourth-order valence-electron chi connectivity index (χ4n) is 6.01. The fraction of sp³-hybridized carbons (Fsp3) is 0.483. The molecule has 1 spiro atoms. The Morgan fingerprint density at radius 1 is 1.21 bits per heavy atom. The van der Waals surface area contributed by atoms with E-state index in [0.29, 0.717) is 11.4 Å². The maximum Gasteiger partial charge on any atom is 0.405 e. The highest BCUT2D eigenvalue weighted by atomic mass is 35.5. The highest BCUT2D eigenvalue weighted by molar-refractivity contribution is 5.97. The first-order valence-electron chi connectivity index (χ1n) is 14.0. The van der Waals surface area contributed by atoms with Crippen LogP contribution in [0, 0.1) is 5.41 Å². The Balaban J connectivity index is 0.00000368. The van der Waals surface area contributed by atoms with Gasteiger partial charge in [-0.3, -0.25) is 9.78 Å². The van der Waals surface area contributed by atoms with E-state index >= 15 is 0 Å². The number of halogens is 4. The molecule has 2 aromatic heterocycles. The average molecular weight is 620 g/mol. The topological polar surface area (TPSA) is 114 Å². The minimum Gasteiger partial charge on any atom is -0.490 e. The molecule has 1 aliphatic carbocycles. The van der Waals surface area contributed by atoms with Gasteiger partial charge in [-0.2, -0.15) is 13.2 Å². The number of benzene rings is 1. The molecular formula is C29H33ClF3N7O3. The number of anilines is 1. The molecule has 3 aromatic rings. The summed E-state index contributed by atoms with van der Waals surface area (Å²) in [7, 11) is 0. The molecule has 0 unspecified atom stereocenters. The van der Waals surface area contributed by atoms with Crippen molar-refractivity contribution in [2.75, 3.05) is 31.1 Å². The number of alkyl halides is 3. The van der Waals surface area contributed by atoms with Crippen molar-refractivity contribution in [3.05, 3.63) is 59.2 Å². The first-order chi connectivity index (χ1) is 20.1. The van der Waals surface area contributed by atoms with Gasteiger partial charge in [0.05, 0.1) is 5.56 Å². The smallest absolute Gasteiger partial charge is 0.405 e. The zero-order valence-corrected chi connectivity index (χ0v) is 24.6. The summed E-state index contributed by atoms with van der Waals surface area (Å²) in [6, 6.07) is 6.76. The number of aromatic nitrogens is 4. The molecular weight excluding hydrogens is 587 g/mol. The van der Waals surface area contributed by atoms with E-state index in [-0.39, 0.29) is 47.0 Å². The second kappa shape index (κ2) is 12.1. The van der Waals surface area contributed by atoms with Gasteiger partial charge < -0.3 is 25.0 Å². The second-order valence-electron chi connectivity index (χ2n) is 11.5. The Morgan fingerprint density at radius 2 is 2.00 bits per heavy atom. The van der Waals surface area contributed by atoms with Crippen molar-refractivity contribution < 1.29 is 27.4 Å². The van der Waals surface area contributed by atoms with Crippen LogP contribution >= 0.6 is 12.4 Å². The summed E-state index contributed by atoms with van der Waals surface area (Å²) >= 11 is 0. The molecule has 2 N–H and O–H groups in total. The number of fused-ring (bicyclic) bond motifs is 1. The van der Waals surface area contributed by atoms with Gasteiger partial charge in [-0.25, -0.2) is 4.98 Å². The standard InChI is InChI=1S/C29H32F3N7O3.ClH/c1-17(2)19-4-3-5-20(26(40)35-13-29(30,31)32)24(19)42-27-25(36-16-37-38-27)39-14-28(15-39)10-18(11-28)41-23-7-9-34-22-6-8-33-12-21(22)23;/h3-5,7,9,16-18,33H,6,8,10-15H2,1-2H3,(H,35,40);1H. The second-order valence-corrected chi connectivity index (χ2v) is 11.5. The minimum absolute atomic E-state index is 0. The van der Waals surface area contributed by atoms with Gasteiger partial charge in [-0.05, 0) is 36.5 Å². The van der Waals surface area contributed by atoms with Gasteiger partial charge in [-0.15, -0.1) is 22.6 Å². The number of nitrogens with zero attached hydrogens (tertiary/aromatic N) is 5. The molecule has 1 amide bonds. The van der Waals surface area contributed by atoms with E-state index in [9.17, 15) is 18.0 Å². The third kappa shape index (κ3) is 6.47. The lowest BCUT2D eigenvalue weighted by Gasteiger charge is -2.58. The predicted octanol–water partition coefficient (Wildman–Crippen LogP) is 4.59. The minimum atomic E-state index is -4.54. The normalized spacial score (nSPS) is 17.4. The molecule has 0 atom stereocenters. The summed E-state index contributed by atoms with van der Waals surface area (Å²) in [5.41, 5.74) is 2.96. The molecule has 14 heteroatoms. The van der Waals surface area contributed by atoms with Gasteiger partial charge >= 0.3 is 6.18 Å². The van der Waals surface area contributed by atoms with E-state index in [2.05, 4.69) is 25.5 Å². The summed E-state index contributed by atoms with van der Waals surface area (Å²) in [5, 5.41) is 13.3. The summed E-state index contributed by atoms with van der Waals surface area (Å²) in [4.78, 5) is 23.7. The van der Waals surface area contributed by atoms with Crippen molar-refractivity contribution in [2.45, 2.75) is 57.9 Å². The number of pyridine rings is 1. The maximum atomic E-state index is 12.8. The van der Waals surface area contributed by atoms with Crippen molar-refractivity contribution >= 4 is 24.1 Å². The highest BCUT2D eigenvalue weighted by Gasteiger charge is 2.54. The number of carbonyl (C=O) groups is 1. The van der Waals surface area contributed by atoms with Crippen LogP contribution in [0.1, 0.15) is 59.8 Å². The molecule has 4 heterocycles. The van der Waals surface area contributed by atoms with Gasteiger partial charge in [0.25, 0.3) is 11.8 Å². The van der Waals surface area contributed by atoms with Crippen molar-refractivity contribution in [1.29, 1.82) is 0 Å². The molecule has 1 aromatic carbocycles. The van der Waals surface area contributed by atoms with E-state index < -0.39 is 18.6 Å². The number of nitrogens with one attached hydrogen (secondary N) is 2. The molecule has 10 nitrogen and oxygen atoms in total. The van der Waals surface area contributed by atoms with E-state index in [0.717, 1.165) is 62.4 Å². The van der Waals surface area contributed by atoms with Gasteiger partial charge in [0.2, 0.25) is 0 Å². The number of hydrogen-bond acceptors (Lipinski definition) is 9. The molecule has 43 heavy (non-hydrogen) atoms. The van der Waals surface area contributed by atoms with Gasteiger partial charge in [0.1, 0.15) is 30.5 Å². The Labute approximate surface area is 253 Å². The molecule has 230 valence electrons. The molecule has 0 bridgehead atoms. The summed E-state index contributed by atoms with van der Waals surface area (Å²) in [6.45, 7) is 5.50. The first kappa shape index (κ1) is 30.7. The average Bonchev–Trinajstić information content (AvgIpc) is 2.92. The third-order valence-electron chi connectivity index (χ3n) is 8.04. The van der Waals surface area contributed by atoms with Gasteiger partial charge in [0.15, 0.2) is 5.82 Å². The van der Waals surface area contributed by atoms with Crippen molar-refractivity contribution in [2.24, 2.45) is 5.41 Å². The monoisotopic (exact) mass is 619 g/mol. The number of amides is 1. The molecule has 2 fully saturated rings. The summed E-state index contributed by atoms with van der Waals surface area (Å²) in [5.74, 6) is 0.626. The Bertz CT molecular complexity index is 1480. The Morgan fingerprint density at radius 3 is 2.74 bits per heavy atom. The summed E-state index contributed by atoms with van der Waals surface area (Å²) in [6.07, 6.45) is 1.43. The van der Waals surface area contributed by atoms with E-state index in [4.69, 9.17) is 9.47 Å². The molecule has 2 aliphatic heterocycles. The SMILES string of the molecule is CC(C)c1cccc(C(=O)NCC(F)(F)F)c1Oc1nncnc1N1CC2(CC(Oc3ccnc4c3CNCC4)C2)C1.Cl. The van der Waals surface area contributed by atoms with Crippen LogP contribution in [-0.2, 0) is 13.0 Å². The van der Waals surface area contributed by atoms with Gasteiger partial charge in [0, 0.05) is 55.5 Å². The van der Waals surface area contributed by atoms with Crippen molar-refractivity contribution in [1.82, 2.24) is 30.8 Å². The maximum absolute atomic E-state index is 12.8. The van der Waals surface area contributed by atoms with Crippen LogP contribution < -0.4 is 25.0 Å². The van der Waals surface area contributed by atoms with Crippen molar-refractivity contribution in [3.8, 4) is 17.4 Å². The van der Waals surface area contributed by atoms with E-state index in [1.54, 1.807) is 12.1 Å². The van der Waals surface area contributed by atoms with E-state index in [1.165, 1.54) is 12.4 Å². The molecule has 0 radical (unpaired) electrons. The van der Waals surface area contributed by atoms with Crippen LogP contribution in [0.3, 0.4) is 0 Å². The van der Waals surface area contributed by atoms with Crippen LogP contribution in [-0.4, -0.2) is 64.5 Å². The lowest BCUT2D eigenvalue weighted by Crippen LogP contribution is -2.65. The van der Waals surface area contributed by atoms with Gasteiger partial charge in [-0.1, -0.05) is 26.0 Å². The Kier molecular flexibility index (Phi) is 8.66. The lowest BCUT2D eigenvalue weighted by molar-refractivity contribution is -0.123. The zero-order valence-electron chi connectivity index (χ0n) is 23.8. The summed E-state index contributed by atoms with van der Waals surface area (Å²) < 4.78 is 50.9. The van der Waals surface area contributed by atoms with Crippen LogP contribution in [0.25, 0.3) is 0 Å². The predicted molar refractivity (Wildman–Crippen MR) is 154 cm³/mol. The van der Waals surface area contributed by atoms with Crippen LogP contribution in [0.15, 0.2) is 36.8 Å². The number of rotatable bonds is 8. The molecule has 1 saturated heterocycles.